The van der Waals surface area contributed by atoms with Gasteiger partial charge in [-0.05, 0) is 6.07 Å². The normalized spacial score (nSPS) is 10.9. The van der Waals surface area contributed by atoms with Crippen molar-refractivity contribution in [2.75, 3.05) is 5.73 Å². The molecule has 0 amide bonds. The summed E-state index contributed by atoms with van der Waals surface area (Å²) in [5.74, 6) is 0.121. The number of halogens is 1. The fourth-order valence-electron chi connectivity index (χ4n) is 1.92. The highest BCUT2D eigenvalue weighted by Crippen LogP contribution is 2.38. The summed E-state index contributed by atoms with van der Waals surface area (Å²) in [5.41, 5.74) is 7.31. The number of aromatic amines is 1. The Kier molecular flexibility index (Phi) is 2.34. The van der Waals surface area contributed by atoms with Crippen LogP contribution in [0.15, 0.2) is 30.5 Å². The molecule has 2 aromatic heterocycles. The van der Waals surface area contributed by atoms with Crippen LogP contribution in [0.2, 0.25) is 5.02 Å². The van der Waals surface area contributed by atoms with Gasteiger partial charge in [0.15, 0.2) is 5.88 Å². The third kappa shape index (κ3) is 1.56. The monoisotopic (exact) mass is 260 g/mol. The van der Waals surface area contributed by atoms with Gasteiger partial charge in [0, 0.05) is 10.9 Å². The molecule has 0 aliphatic carbocycles. The molecule has 0 spiro atoms. The Morgan fingerprint density at radius 3 is 2.89 bits per heavy atom. The van der Waals surface area contributed by atoms with Gasteiger partial charge in [-0.25, -0.2) is 9.97 Å². The number of anilines is 1. The van der Waals surface area contributed by atoms with E-state index >= 15 is 0 Å². The highest BCUT2D eigenvalue weighted by Gasteiger charge is 2.17. The van der Waals surface area contributed by atoms with Crippen LogP contribution in [0.3, 0.4) is 0 Å². The van der Waals surface area contributed by atoms with Crippen LogP contribution in [0.1, 0.15) is 0 Å². The van der Waals surface area contributed by atoms with E-state index in [-0.39, 0.29) is 11.8 Å². The third-order valence-electron chi connectivity index (χ3n) is 2.69. The van der Waals surface area contributed by atoms with E-state index in [1.54, 1.807) is 0 Å². The van der Waals surface area contributed by atoms with Gasteiger partial charge in [0.05, 0.1) is 16.8 Å². The number of rotatable bonds is 1. The summed E-state index contributed by atoms with van der Waals surface area (Å²) in [6.07, 6.45) is 1.42. The lowest BCUT2D eigenvalue weighted by Gasteiger charge is -2.03. The minimum atomic E-state index is 0.0104. The van der Waals surface area contributed by atoms with E-state index in [0.29, 0.717) is 16.3 Å². The lowest BCUT2D eigenvalue weighted by Crippen LogP contribution is -1.96. The second-order valence-electron chi connectivity index (χ2n) is 3.82. The van der Waals surface area contributed by atoms with Crippen molar-refractivity contribution in [3.8, 4) is 17.1 Å². The third-order valence-corrected chi connectivity index (χ3v) is 2.96. The molecule has 18 heavy (non-hydrogen) atoms. The molecule has 2 heterocycles. The van der Waals surface area contributed by atoms with Gasteiger partial charge in [0.2, 0.25) is 5.95 Å². The zero-order valence-electron chi connectivity index (χ0n) is 9.18. The van der Waals surface area contributed by atoms with E-state index in [2.05, 4.69) is 15.0 Å². The summed E-state index contributed by atoms with van der Waals surface area (Å²) in [7, 11) is 0. The van der Waals surface area contributed by atoms with E-state index in [1.165, 1.54) is 6.20 Å². The largest absolute Gasteiger partial charge is 0.494 e. The maximum absolute atomic E-state index is 9.99. The zero-order valence-corrected chi connectivity index (χ0v) is 9.94. The first kappa shape index (κ1) is 10.9. The minimum Gasteiger partial charge on any atom is -0.494 e. The Morgan fingerprint density at radius 1 is 1.28 bits per heavy atom. The number of para-hydroxylation sites is 1. The molecule has 90 valence electrons. The number of aromatic nitrogens is 3. The number of nitrogens with zero attached hydrogens (tertiary/aromatic N) is 2. The second kappa shape index (κ2) is 3.89. The fraction of sp³-hybridized carbons (Fsp3) is 0. The molecule has 1 aromatic carbocycles. The number of hydrogen-bond donors (Lipinski definition) is 3. The van der Waals surface area contributed by atoms with Crippen LogP contribution in [-0.2, 0) is 0 Å². The van der Waals surface area contributed by atoms with E-state index in [1.807, 2.05) is 24.3 Å². The van der Waals surface area contributed by atoms with E-state index in [4.69, 9.17) is 17.3 Å². The number of nitrogen functional groups attached to an aromatic ring is 1. The smallest absolute Gasteiger partial charge is 0.220 e. The number of fused-ring (bicyclic) bond motifs is 1. The molecule has 0 saturated heterocycles. The van der Waals surface area contributed by atoms with E-state index in [0.717, 1.165) is 10.9 Å². The van der Waals surface area contributed by atoms with Crippen LogP contribution in [0.25, 0.3) is 22.2 Å². The molecule has 3 aromatic rings. The Bertz CT molecular complexity index is 738. The van der Waals surface area contributed by atoms with Crippen LogP contribution in [0, 0.1) is 0 Å². The van der Waals surface area contributed by atoms with Gasteiger partial charge in [0.25, 0.3) is 0 Å². The van der Waals surface area contributed by atoms with Gasteiger partial charge < -0.3 is 15.8 Å². The standard InChI is InChI=1S/C12H9ClN4O/c13-7-5-15-12(14)17-10(7)9-6-3-1-2-4-8(6)16-11(9)18/h1-5,16,18H,(H2,14,15,17). The van der Waals surface area contributed by atoms with Crippen molar-refractivity contribution in [3.05, 3.63) is 35.5 Å². The van der Waals surface area contributed by atoms with Crippen LogP contribution < -0.4 is 5.73 Å². The van der Waals surface area contributed by atoms with Crippen LogP contribution in [0.4, 0.5) is 5.95 Å². The Balaban J connectivity index is 2.37. The number of nitrogens with one attached hydrogen (secondary N) is 1. The highest BCUT2D eigenvalue weighted by molar-refractivity contribution is 6.33. The first-order chi connectivity index (χ1) is 8.66. The molecule has 0 aliphatic heterocycles. The van der Waals surface area contributed by atoms with Gasteiger partial charge in [-0.2, -0.15) is 0 Å². The van der Waals surface area contributed by atoms with Crippen molar-refractivity contribution >= 4 is 28.5 Å². The molecular weight excluding hydrogens is 252 g/mol. The SMILES string of the molecule is Nc1ncc(Cl)c(-c2c(O)[nH]c3ccccc23)n1. The average molecular weight is 261 g/mol. The summed E-state index contributed by atoms with van der Waals surface area (Å²) in [4.78, 5) is 10.8. The fourth-order valence-corrected chi connectivity index (χ4v) is 2.11. The molecule has 0 unspecified atom stereocenters. The van der Waals surface area contributed by atoms with Gasteiger partial charge in [-0.3, -0.25) is 0 Å². The second-order valence-corrected chi connectivity index (χ2v) is 4.23. The molecule has 0 aliphatic rings. The van der Waals surface area contributed by atoms with Crippen molar-refractivity contribution in [2.24, 2.45) is 0 Å². The predicted octanol–water partition coefficient (Wildman–Crippen LogP) is 2.57. The molecule has 6 heteroatoms. The Hall–Kier alpha value is -2.27. The maximum Gasteiger partial charge on any atom is 0.220 e. The van der Waals surface area contributed by atoms with Gasteiger partial charge >= 0.3 is 0 Å². The lowest BCUT2D eigenvalue weighted by atomic mass is 10.1. The first-order valence-corrected chi connectivity index (χ1v) is 5.62. The first-order valence-electron chi connectivity index (χ1n) is 5.25. The number of aromatic hydroxyl groups is 1. The number of hydrogen-bond acceptors (Lipinski definition) is 4. The molecule has 3 rings (SSSR count). The molecule has 0 saturated carbocycles. The van der Waals surface area contributed by atoms with Crippen molar-refractivity contribution in [3.63, 3.8) is 0 Å². The van der Waals surface area contributed by atoms with Gasteiger partial charge in [-0.15, -0.1) is 0 Å². The van der Waals surface area contributed by atoms with Gasteiger partial charge in [0.1, 0.15) is 5.69 Å². The Morgan fingerprint density at radius 2 is 2.06 bits per heavy atom. The minimum absolute atomic E-state index is 0.0104. The Labute approximate surface area is 107 Å². The van der Waals surface area contributed by atoms with E-state index < -0.39 is 0 Å². The van der Waals surface area contributed by atoms with Gasteiger partial charge in [-0.1, -0.05) is 29.8 Å². The van der Waals surface area contributed by atoms with Crippen molar-refractivity contribution < 1.29 is 5.11 Å². The average Bonchev–Trinajstić information content (AvgIpc) is 2.68. The topological polar surface area (TPSA) is 87.8 Å². The molecule has 0 atom stereocenters. The van der Waals surface area contributed by atoms with E-state index in [9.17, 15) is 5.11 Å². The highest BCUT2D eigenvalue weighted by atomic mass is 35.5. The summed E-state index contributed by atoms with van der Waals surface area (Å²) in [5, 5.41) is 11.2. The molecule has 4 N–H and O–H groups in total. The van der Waals surface area contributed by atoms with Crippen LogP contribution in [0.5, 0.6) is 5.88 Å². The molecule has 0 radical (unpaired) electrons. The number of benzene rings is 1. The predicted molar refractivity (Wildman–Crippen MR) is 70.4 cm³/mol. The number of H-pyrrole nitrogens is 1. The molecule has 5 nitrogen and oxygen atoms in total. The van der Waals surface area contributed by atoms with Crippen molar-refractivity contribution in [1.82, 2.24) is 15.0 Å². The summed E-state index contributed by atoms with van der Waals surface area (Å²) >= 11 is 6.05. The van der Waals surface area contributed by atoms with Crippen molar-refractivity contribution in [1.29, 1.82) is 0 Å². The summed E-state index contributed by atoms with van der Waals surface area (Å²) in [6.45, 7) is 0. The molecular formula is C12H9ClN4O. The maximum atomic E-state index is 9.99. The summed E-state index contributed by atoms with van der Waals surface area (Å²) < 4.78 is 0. The van der Waals surface area contributed by atoms with Crippen molar-refractivity contribution in [2.45, 2.75) is 0 Å². The zero-order chi connectivity index (χ0) is 12.7. The van der Waals surface area contributed by atoms with Crippen LogP contribution >= 0.6 is 11.6 Å². The molecule has 0 bridgehead atoms. The van der Waals surface area contributed by atoms with Crippen LogP contribution in [-0.4, -0.2) is 20.1 Å². The quantitative estimate of drug-likeness (QED) is 0.627. The molecule has 0 fully saturated rings. The number of nitrogens with two attached hydrogens (primary N) is 1. The lowest BCUT2D eigenvalue weighted by molar-refractivity contribution is 0.460. The summed E-state index contributed by atoms with van der Waals surface area (Å²) in [6, 6.07) is 7.47.